The molecule has 1 aliphatic rings. The molecule has 108 valence electrons. The van der Waals surface area contributed by atoms with Gasteiger partial charge in [-0.3, -0.25) is 16.0 Å². The van der Waals surface area contributed by atoms with E-state index in [0.717, 1.165) is 22.5 Å². The molecule has 1 aliphatic heterocycles. The van der Waals surface area contributed by atoms with Gasteiger partial charge in [0.05, 0.1) is 22.4 Å². The van der Waals surface area contributed by atoms with Crippen LogP contribution in [0.4, 0.5) is 0 Å². The van der Waals surface area contributed by atoms with Crippen LogP contribution in [0, 0.1) is 0 Å². The third-order valence-corrected chi connectivity index (χ3v) is 7.66. The molecule has 0 aliphatic carbocycles. The Hall–Kier alpha value is 0.310. The van der Waals surface area contributed by atoms with Crippen molar-refractivity contribution in [2.24, 2.45) is 5.84 Å². The second kappa shape index (κ2) is 6.85. The van der Waals surface area contributed by atoms with Crippen molar-refractivity contribution in [2.45, 2.75) is 49.1 Å². The maximum Gasteiger partial charge on any atom is 0.0767 e. The van der Waals surface area contributed by atoms with E-state index >= 15 is 0 Å². The number of rotatable bonds is 4. The van der Waals surface area contributed by atoms with Gasteiger partial charge in [0, 0.05) is 28.0 Å². The van der Waals surface area contributed by atoms with Crippen LogP contribution in [0.5, 0.6) is 0 Å². The summed E-state index contributed by atoms with van der Waals surface area (Å²) in [7, 11) is 0. The van der Waals surface area contributed by atoms with Crippen molar-refractivity contribution in [2.75, 3.05) is 5.75 Å². The van der Waals surface area contributed by atoms with Crippen LogP contribution in [0.3, 0.4) is 0 Å². The molecule has 1 saturated heterocycles. The first-order valence-electron chi connectivity index (χ1n) is 6.52. The van der Waals surface area contributed by atoms with E-state index in [4.69, 9.17) is 5.84 Å². The highest BCUT2D eigenvalue weighted by molar-refractivity contribution is 9.10. The summed E-state index contributed by atoms with van der Waals surface area (Å²) in [6.07, 6.45) is 1.86. The number of hydrogen-bond acceptors (Lipinski definition) is 5. The highest BCUT2D eigenvalue weighted by Gasteiger charge is 2.34. The van der Waals surface area contributed by atoms with Gasteiger partial charge in [-0.1, -0.05) is 13.8 Å². The van der Waals surface area contributed by atoms with Crippen molar-refractivity contribution >= 4 is 39.5 Å². The summed E-state index contributed by atoms with van der Waals surface area (Å²) in [5.74, 6) is 6.95. The summed E-state index contributed by atoms with van der Waals surface area (Å²) in [5.41, 5.74) is 4.16. The quantitative estimate of drug-likeness (QED) is 0.635. The largest absolute Gasteiger partial charge is 0.271 e. The van der Waals surface area contributed by atoms with E-state index in [1.165, 1.54) is 0 Å². The lowest BCUT2D eigenvalue weighted by Gasteiger charge is -2.35. The molecule has 2 rings (SSSR count). The molecule has 0 bridgehead atoms. The van der Waals surface area contributed by atoms with Gasteiger partial charge >= 0.3 is 0 Å². The fourth-order valence-corrected chi connectivity index (χ4v) is 5.89. The fourth-order valence-electron chi connectivity index (χ4n) is 2.28. The van der Waals surface area contributed by atoms with Crippen molar-refractivity contribution in [3.05, 3.63) is 16.4 Å². The van der Waals surface area contributed by atoms with Gasteiger partial charge in [0.2, 0.25) is 0 Å². The van der Waals surface area contributed by atoms with Gasteiger partial charge in [0.1, 0.15) is 0 Å². The Labute approximate surface area is 131 Å². The van der Waals surface area contributed by atoms with Crippen LogP contribution in [-0.4, -0.2) is 31.3 Å². The SMILES string of the molecule is CCn1ncc(Br)c1C(NN)C1CSC(C)C(C)S1. The lowest BCUT2D eigenvalue weighted by Crippen LogP contribution is -2.41. The number of nitrogens with two attached hydrogens (primary N) is 1. The third kappa shape index (κ3) is 3.32. The Bertz CT molecular complexity index is 426. The maximum absolute atomic E-state index is 5.83. The van der Waals surface area contributed by atoms with Crippen LogP contribution in [0.1, 0.15) is 32.5 Å². The minimum atomic E-state index is 0.129. The zero-order valence-corrected chi connectivity index (χ0v) is 14.7. The van der Waals surface area contributed by atoms with Crippen LogP contribution >= 0.6 is 39.5 Å². The summed E-state index contributed by atoms with van der Waals surface area (Å²) in [6.45, 7) is 7.56. The zero-order valence-electron chi connectivity index (χ0n) is 11.5. The Morgan fingerprint density at radius 2 is 2.32 bits per heavy atom. The molecular weight excluding hydrogens is 344 g/mol. The average molecular weight is 365 g/mol. The summed E-state index contributed by atoms with van der Waals surface area (Å²) in [4.78, 5) is 0. The molecule has 0 aromatic carbocycles. The van der Waals surface area contributed by atoms with Gasteiger partial charge in [-0.25, -0.2) is 0 Å². The standard InChI is InChI=1S/C12H21BrN4S2/c1-4-17-12(9(13)5-15-17)11(16-14)10-6-18-7(2)8(3)19-10/h5,7-8,10-11,16H,4,6,14H2,1-3H3. The fraction of sp³-hybridized carbons (Fsp3) is 0.750. The van der Waals surface area contributed by atoms with Crippen LogP contribution in [0.15, 0.2) is 10.7 Å². The molecule has 2 heterocycles. The number of aromatic nitrogens is 2. The van der Waals surface area contributed by atoms with Crippen molar-refractivity contribution in [1.82, 2.24) is 15.2 Å². The van der Waals surface area contributed by atoms with E-state index in [1.54, 1.807) is 0 Å². The van der Waals surface area contributed by atoms with E-state index in [2.05, 4.69) is 47.2 Å². The zero-order chi connectivity index (χ0) is 14.0. The summed E-state index contributed by atoms with van der Waals surface area (Å²) in [6, 6.07) is 0.129. The van der Waals surface area contributed by atoms with E-state index in [1.807, 2.05) is 34.4 Å². The van der Waals surface area contributed by atoms with E-state index in [9.17, 15) is 0 Å². The molecule has 0 amide bonds. The molecule has 0 spiro atoms. The number of thioether (sulfide) groups is 2. The van der Waals surface area contributed by atoms with E-state index < -0.39 is 0 Å². The first-order valence-corrected chi connectivity index (χ1v) is 9.31. The van der Waals surface area contributed by atoms with Gasteiger partial charge < -0.3 is 0 Å². The van der Waals surface area contributed by atoms with E-state index in [-0.39, 0.29) is 6.04 Å². The number of hydrazine groups is 1. The third-order valence-electron chi connectivity index (χ3n) is 3.55. The predicted octanol–water partition coefficient (Wildman–Crippen LogP) is 2.80. The Kier molecular flexibility index (Phi) is 5.65. The van der Waals surface area contributed by atoms with Crippen LogP contribution in [0.25, 0.3) is 0 Å². The molecular formula is C12H21BrN4S2. The van der Waals surface area contributed by atoms with Crippen molar-refractivity contribution in [1.29, 1.82) is 0 Å². The van der Waals surface area contributed by atoms with Crippen molar-refractivity contribution in [3.63, 3.8) is 0 Å². The van der Waals surface area contributed by atoms with Gasteiger partial charge in [0.25, 0.3) is 0 Å². The lowest BCUT2D eigenvalue weighted by molar-refractivity contribution is 0.488. The van der Waals surface area contributed by atoms with Crippen molar-refractivity contribution < 1.29 is 0 Å². The lowest BCUT2D eigenvalue weighted by atomic mass is 10.1. The minimum Gasteiger partial charge on any atom is -0.271 e. The average Bonchev–Trinajstić information content (AvgIpc) is 2.76. The summed E-state index contributed by atoms with van der Waals surface area (Å²) >= 11 is 7.66. The summed E-state index contributed by atoms with van der Waals surface area (Å²) < 4.78 is 3.05. The number of aryl methyl sites for hydroxylation is 1. The molecule has 1 aromatic heterocycles. The molecule has 4 atom stereocenters. The number of nitrogens with one attached hydrogen (secondary N) is 1. The monoisotopic (exact) mass is 364 g/mol. The molecule has 1 fully saturated rings. The Balaban J connectivity index is 2.22. The van der Waals surface area contributed by atoms with Gasteiger partial charge in [-0.15, -0.1) is 0 Å². The van der Waals surface area contributed by atoms with Crippen LogP contribution in [-0.2, 0) is 6.54 Å². The number of halogens is 1. The highest BCUT2D eigenvalue weighted by atomic mass is 79.9. The second-order valence-electron chi connectivity index (χ2n) is 4.76. The molecule has 1 aromatic rings. The van der Waals surface area contributed by atoms with Gasteiger partial charge in [-0.05, 0) is 22.9 Å². The number of nitrogens with zero attached hydrogens (tertiary/aromatic N) is 2. The Morgan fingerprint density at radius 3 is 2.89 bits per heavy atom. The maximum atomic E-state index is 5.83. The van der Waals surface area contributed by atoms with Crippen molar-refractivity contribution in [3.8, 4) is 0 Å². The second-order valence-corrected chi connectivity index (χ2v) is 8.64. The topological polar surface area (TPSA) is 55.9 Å². The van der Waals surface area contributed by atoms with Gasteiger partial charge in [0.15, 0.2) is 0 Å². The summed E-state index contributed by atoms with van der Waals surface area (Å²) in [5, 5.41) is 6.22. The van der Waals surface area contributed by atoms with E-state index in [0.29, 0.717) is 15.7 Å². The molecule has 19 heavy (non-hydrogen) atoms. The smallest absolute Gasteiger partial charge is 0.0767 e. The minimum absolute atomic E-state index is 0.129. The molecule has 0 saturated carbocycles. The van der Waals surface area contributed by atoms with Crippen LogP contribution < -0.4 is 11.3 Å². The first kappa shape index (κ1) is 15.7. The first-order chi connectivity index (χ1) is 9.08. The Morgan fingerprint density at radius 1 is 1.58 bits per heavy atom. The molecule has 4 unspecified atom stereocenters. The number of hydrogen-bond donors (Lipinski definition) is 2. The normalized spacial score (nSPS) is 29.4. The predicted molar refractivity (Wildman–Crippen MR) is 88.4 cm³/mol. The molecule has 0 radical (unpaired) electrons. The molecule has 7 heteroatoms. The molecule has 4 nitrogen and oxygen atoms in total. The molecule has 3 N–H and O–H groups in total. The van der Waals surface area contributed by atoms with Gasteiger partial charge in [-0.2, -0.15) is 28.6 Å². The van der Waals surface area contributed by atoms with Crippen LogP contribution in [0.2, 0.25) is 0 Å². The highest BCUT2D eigenvalue weighted by Crippen LogP contribution is 2.41.